The summed E-state index contributed by atoms with van der Waals surface area (Å²) >= 11 is 5.26. The van der Waals surface area contributed by atoms with Gasteiger partial charge < -0.3 is 4.74 Å². The van der Waals surface area contributed by atoms with Crippen LogP contribution >= 0.6 is 12.2 Å². The van der Waals surface area contributed by atoms with Crippen molar-refractivity contribution in [1.82, 2.24) is 5.32 Å². The number of carbonyl (C=O) groups is 2. The molecular weight excluding hydrogens is 384 g/mol. The number of ether oxygens (including phenoxy) is 1. The molecule has 1 fully saturated rings. The number of hydrogen-bond donors (Lipinski definition) is 1. The van der Waals surface area contributed by atoms with Crippen molar-refractivity contribution in [3.63, 3.8) is 0 Å². The molecule has 1 atom stereocenters. The van der Waals surface area contributed by atoms with Crippen LogP contribution in [0.5, 0.6) is 5.75 Å². The molecule has 0 radical (unpaired) electrons. The SMILES string of the molecule is CCc1ccc(N2C(=O)C(=Cc3ccccc3OC(C)CC)C(=O)NC2=S)cc1. The predicted molar refractivity (Wildman–Crippen MR) is 119 cm³/mol. The van der Waals surface area contributed by atoms with Crippen molar-refractivity contribution in [1.29, 1.82) is 0 Å². The molecule has 0 saturated carbocycles. The Balaban J connectivity index is 1.97. The number of carbonyl (C=O) groups excluding carboxylic acids is 2. The quantitative estimate of drug-likeness (QED) is 0.441. The number of amides is 2. The molecule has 0 bridgehead atoms. The number of para-hydroxylation sites is 1. The maximum absolute atomic E-state index is 13.2. The van der Waals surface area contributed by atoms with E-state index >= 15 is 0 Å². The van der Waals surface area contributed by atoms with Gasteiger partial charge in [-0.15, -0.1) is 0 Å². The van der Waals surface area contributed by atoms with E-state index in [4.69, 9.17) is 17.0 Å². The Hall–Kier alpha value is -2.99. The van der Waals surface area contributed by atoms with Gasteiger partial charge in [0.05, 0.1) is 11.8 Å². The van der Waals surface area contributed by atoms with Crippen molar-refractivity contribution in [2.45, 2.75) is 39.7 Å². The summed E-state index contributed by atoms with van der Waals surface area (Å²) in [5, 5.41) is 2.69. The van der Waals surface area contributed by atoms with Gasteiger partial charge in [-0.2, -0.15) is 0 Å². The molecule has 6 heteroatoms. The molecular formula is C23H24N2O3S. The molecule has 3 rings (SSSR count). The molecule has 2 aromatic carbocycles. The Kier molecular flexibility index (Phi) is 6.44. The maximum Gasteiger partial charge on any atom is 0.270 e. The van der Waals surface area contributed by atoms with E-state index in [1.165, 1.54) is 4.90 Å². The Morgan fingerprint density at radius 3 is 2.45 bits per heavy atom. The normalized spacial score (nSPS) is 16.7. The van der Waals surface area contributed by atoms with Crippen molar-refractivity contribution in [2.24, 2.45) is 0 Å². The predicted octanol–water partition coefficient (Wildman–Crippen LogP) is 4.26. The zero-order chi connectivity index (χ0) is 21.0. The van der Waals surface area contributed by atoms with Crippen molar-refractivity contribution < 1.29 is 14.3 Å². The number of thiocarbonyl (C=S) groups is 1. The lowest BCUT2D eigenvalue weighted by Gasteiger charge is -2.29. The van der Waals surface area contributed by atoms with Gasteiger partial charge in [-0.3, -0.25) is 19.8 Å². The molecule has 1 unspecified atom stereocenters. The Morgan fingerprint density at radius 2 is 1.79 bits per heavy atom. The number of aryl methyl sites for hydroxylation is 1. The summed E-state index contributed by atoms with van der Waals surface area (Å²) in [6.45, 7) is 6.07. The van der Waals surface area contributed by atoms with Crippen molar-refractivity contribution in [3.05, 3.63) is 65.2 Å². The van der Waals surface area contributed by atoms with Gasteiger partial charge in [-0.1, -0.05) is 44.2 Å². The molecule has 0 aromatic heterocycles. The van der Waals surface area contributed by atoms with Crippen LogP contribution < -0.4 is 15.0 Å². The first-order valence-electron chi connectivity index (χ1n) is 9.70. The maximum atomic E-state index is 13.2. The lowest BCUT2D eigenvalue weighted by atomic mass is 10.1. The highest BCUT2D eigenvalue weighted by Crippen LogP contribution is 2.26. The molecule has 5 nitrogen and oxygen atoms in total. The van der Waals surface area contributed by atoms with E-state index in [-0.39, 0.29) is 16.8 Å². The van der Waals surface area contributed by atoms with Gasteiger partial charge in [-0.25, -0.2) is 0 Å². The standard InChI is InChI=1S/C23H24N2O3S/c1-4-15(3)28-20-9-7-6-8-17(20)14-19-21(26)24-23(29)25(22(19)27)18-12-10-16(5-2)11-13-18/h6-15H,4-5H2,1-3H3,(H,24,26,29). The van der Waals surface area contributed by atoms with E-state index in [0.717, 1.165) is 18.4 Å². The fraction of sp³-hybridized carbons (Fsp3) is 0.261. The van der Waals surface area contributed by atoms with E-state index < -0.39 is 11.8 Å². The highest BCUT2D eigenvalue weighted by atomic mass is 32.1. The summed E-state index contributed by atoms with van der Waals surface area (Å²) in [6.07, 6.45) is 3.32. The monoisotopic (exact) mass is 408 g/mol. The number of rotatable bonds is 6. The lowest BCUT2D eigenvalue weighted by molar-refractivity contribution is -0.122. The summed E-state index contributed by atoms with van der Waals surface area (Å²) in [7, 11) is 0. The van der Waals surface area contributed by atoms with Gasteiger partial charge in [0, 0.05) is 5.56 Å². The highest BCUT2D eigenvalue weighted by Gasteiger charge is 2.34. The molecule has 150 valence electrons. The molecule has 29 heavy (non-hydrogen) atoms. The third-order valence-corrected chi connectivity index (χ3v) is 5.11. The second-order valence-electron chi connectivity index (χ2n) is 6.85. The van der Waals surface area contributed by atoms with Crippen molar-refractivity contribution in [3.8, 4) is 5.75 Å². The summed E-state index contributed by atoms with van der Waals surface area (Å²) in [5.74, 6) is -0.344. The third-order valence-electron chi connectivity index (χ3n) is 4.83. The van der Waals surface area contributed by atoms with Gasteiger partial charge in [0.1, 0.15) is 11.3 Å². The Morgan fingerprint density at radius 1 is 1.10 bits per heavy atom. The van der Waals surface area contributed by atoms with E-state index in [1.54, 1.807) is 6.08 Å². The molecule has 1 aliphatic heterocycles. The minimum atomic E-state index is -0.514. The van der Waals surface area contributed by atoms with Crippen LogP contribution in [0, 0.1) is 0 Å². The zero-order valence-electron chi connectivity index (χ0n) is 16.8. The fourth-order valence-electron chi connectivity index (χ4n) is 2.94. The average molecular weight is 409 g/mol. The first kappa shape index (κ1) is 20.7. The van der Waals surface area contributed by atoms with E-state index in [0.29, 0.717) is 17.0 Å². The first-order chi connectivity index (χ1) is 13.9. The highest BCUT2D eigenvalue weighted by molar-refractivity contribution is 7.80. The number of hydrogen-bond acceptors (Lipinski definition) is 4. The minimum absolute atomic E-state index is 0.0124. The van der Waals surface area contributed by atoms with Crippen LogP contribution in [-0.2, 0) is 16.0 Å². The van der Waals surface area contributed by atoms with Crippen LogP contribution in [0.25, 0.3) is 6.08 Å². The lowest BCUT2D eigenvalue weighted by Crippen LogP contribution is -2.54. The van der Waals surface area contributed by atoms with Crippen LogP contribution in [0.4, 0.5) is 5.69 Å². The second-order valence-corrected chi connectivity index (χ2v) is 7.24. The molecule has 2 amide bonds. The molecule has 1 heterocycles. The van der Waals surface area contributed by atoms with Gasteiger partial charge in [0.15, 0.2) is 5.11 Å². The summed E-state index contributed by atoms with van der Waals surface area (Å²) in [4.78, 5) is 27.0. The Labute approximate surface area is 176 Å². The molecule has 1 saturated heterocycles. The van der Waals surface area contributed by atoms with Crippen LogP contribution in [0.3, 0.4) is 0 Å². The van der Waals surface area contributed by atoms with Crippen LogP contribution in [0.2, 0.25) is 0 Å². The number of nitrogens with one attached hydrogen (secondary N) is 1. The number of anilines is 1. The van der Waals surface area contributed by atoms with Gasteiger partial charge >= 0.3 is 0 Å². The van der Waals surface area contributed by atoms with E-state index in [2.05, 4.69) is 12.2 Å². The van der Waals surface area contributed by atoms with Crippen molar-refractivity contribution in [2.75, 3.05) is 4.90 Å². The molecule has 1 aliphatic rings. The van der Waals surface area contributed by atoms with E-state index in [9.17, 15) is 9.59 Å². The minimum Gasteiger partial charge on any atom is -0.490 e. The fourth-order valence-corrected chi connectivity index (χ4v) is 3.22. The summed E-state index contributed by atoms with van der Waals surface area (Å²) < 4.78 is 5.94. The van der Waals surface area contributed by atoms with E-state index in [1.807, 2.05) is 62.4 Å². The number of nitrogens with zero attached hydrogens (tertiary/aromatic N) is 1. The van der Waals surface area contributed by atoms with Crippen LogP contribution in [0.15, 0.2) is 54.1 Å². The summed E-state index contributed by atoms with van der Waals surface area (Å²) in [5.41, 5.74) is 2.45. The zero-order valence-corrected chi connectivity index (χ0v) is 17.6. The smallest absolute Gasteiger partial charge is 0.270 e. The van der Waals surface area contributed by atoms with Gasteiger partial charge in [0.2, 0.25) is 0 Å². The first-order valence-corrected chi connectivity index (χ1v) is 10.1. The molecule has 0 spiro atoms. The van der Waals surface area contributed by atoms with Crippen molar-refractivity contribution >= 4 is 40.9 Å². The third kappa shape index (κ3) is 4.54. The molecule has 0 aliphatic carbocycles. The molecule has 2 aromatic rings. The van der Waals surface area contributed by atoms with Gasteiger partial charge in [-0.05, 0) is 61.8 Å². The van der Waals surface area contributed by atoms with Crippen LogP contribution in [0.1, 0.15) is 38.3 Å². The van der Waals surface area contributed by atoms with Crippen LogP contribution in [-0.4, -0.2) is 23.0 Å². The summed E-state index contributed by atoms with van der Waals surface area (Å²) in [6, 6.07) is 14.9. The Bertz CT molecular complexity index is 966. The second kappa shape index (κ2) is 9.01. The number of benzene rings is 2. The molecule has 1 N–H and O–H groups in total. The largest absolute Gasteiger partial charge is 0.490 e. The average Bonchev–Trinajstić information content (AvgIpc) is 2.72. The van der Waals surface area contributed by atoms with Gasteiger partial charge in [0.25, 0.3) is 11.8 Å². The topological polar surface area (TPSA) is 58.6 Å².